The van der Waals surface area contributed by atoms with Gasteiger partial charge in [-0.2, -0.15) is 5.10 Å². The van der Waals surface area contributed by atoms with Gasteiger partial charge in [-0.15, -0.1) is 0 Å². The highest BCUT2D eigenvalue weighted by Crippen LogP contribution is 2.22. The molecular weight excluding hydrogens is 314 g/mol. The van der Waals surface area contributed by atoms with E-state index < -0.39 is 6.29 Å². The molecule has 0 radical (unpaired) electrons. The number of aromatic nitrogens is 2. The molecule has 6 heteroatoms. The summed E-state index contributed by atoms with van der Waals surface area (Å²) >= 11 is 0. The van der Waals surface area contributed by atoms with Gasteiger partial charge in [-0.1, -0.05) is 42.5 Å². The van der Waals surface area contributed by atoms with E-state index in [0.717, 1.165) is 22.0 Å². The Kier molecular flexibility index (Phi) is 3.66. The SMILES string of the molecule is Cn1nc(C(=O)c2ccc(C3=CNC(N)N=C3)cc2)c2ccccc21. The Balaban J connectivity index is 1.66. The molecule has 1 unspecified atom stereocenters. The van der Waals surface area contributed by atoms with Crippen LogP contribution in [0.2, 0.25) is 0 Å². The summed E-state index contributed by atoms with van der Waals surface area (Å²) < 4.78 is 1.73. The fraction of sp³-hybridized carbons (Fsp3) is 0.105. The van der Waals surface area contributed by atoms with Crippen molar-refractivity contribution in [1.29, 1.82) is 0 Å². The van der Waals surface area contributed by atoms with Crippen molar-refractivity contribution in [3.05, 3.63) is 71.6 Å². The number of benzene rings is 2. The first kappa shape index (κ1) is 15.3. The Morgan fingerprint density at radius 3 is 2.64 bits per heavy atom. The second-order valence-corrected chi connectivity index (χ2v) is 5.89. The first-order chi connectivity index (χ1) is 12.1. The van der Waals surface area contributed by atoms with Crippen LogP contribution in [0.1, 0.15) is 21.6 Å². The van der Waals surface area contributed by atoms with Crippen LogP contribution in [0.25, 0.3) is 16.5 Å². The second-order valence-electron chi connectivity index (χ2n) is 5.89. The molecule has 4 rings (SSSR count). The van der Waals surface area contributed by atoms with Crippen molar-refractivity contribution in [1.82, 2.24) is 15.1 Å². The third-order valence-corrected chi connectivity index (χ3v) is 4.24. The lowest BCUT2D eigenvalue weighted by molar-refractivity contribution is 0.103. The first-order valence-electron chi connectivity index (χ1n) is 7.95. The monoisotopic (exact) mass is 331 g/mol. The van der Waals surface area contributed by atoms with Crippen molar-refractivity contribution in [2.24, 2.45) is 17.8 Å². The normalized spacial score (nSPS) is 16.6. The van der Waals surface area contributed by atoms with Gasteiger partial charge in [0, 0.05) is 36.0 Å². The number of hydrogen-bond donors (Lipinski definition) is 2. The Morgan fingerprint density at radius 2 is 1.92 bits per heavy atom. The van der Waals surface area contributed by atoms with Gasteiger partial charge in [0.15, 0.2) is 6.29 Å². The number of nitrogens with one attached hydrogen (secondary N) is 1. The molecule has 1 aliphatic heterocycles. The minimum atomic E-state index is -0.401. The fourth-order valence-corrected chi connectivity index (χ4v) is 2.91. The smallest absolute Gasteiger partial charge is 0.213 e. The summed E-state index contributed by atoms with van der Waals surface area (Å²) in [6.07, 6.45) is 3.15. The van der Waals surface area contributed by atoms with Crippen molar-refractivity contribution in [3.8, 4) is 0 Å². The maximum absolute atomic E-state index is 12.9. The number of carbonyl (C=O) groups is 1. The topological polar surface area (TPSA) is 85.3 Å². The maximum Gasteiger partial charge on any atom is 0.213 e. The number of aliphatic imine (C=N–C) groups is 1. The zero-order chi connectivity index (χ0) is 17.4. The van der Waals surface area contributed by atoms with E-state index in [9.17, 15) is 4.79 Å². The third kappa shape index (κ3) is 2.72. The highest BCUT2D eigenvalue weighted by molar-refractivity contribution is 6.15. The molecule has 0 spiro atoms. The lowest BCUT2D eigenvalue weighted by atomic mass is 10.0. The number of nitrogens with zero attached hydrogens (tertiary/aromatic N) is 3. The quantitative estimate of drug-likeness (QED) is 0.720. The molecule has 1 aliphatic rings. The average Bonchev–Trinajstić information content (AvgIpc) is 2.99. The highest BCUT2D eigenvalue weighted by Gasteiger charge is 2.17. The van der Waals surface area contributed by atoms with E-state index in [4.69, 9.17) is 5.73 Å². The Bertz CT molecular complexity index is 1010. The number of aryl methyl sites for hydroxylation is 1. The summed E-state index contributed by atoms with van der Waals surface area (Å²) in [5.41, 5.74) is 9.54. The summed E-state index contributed by atoms with van der Waals surface area (Å²) in [7, 11) is 1.84. The number of hydrogen-bond acceptors (Lipinski definition) is 5. The molecule has 0 saturated carbocycles. The van der Waals surface area contributed by atoms with E-state index in [1.54, 1.807) is 10.9 Å². The number of carbonyl (C=O) groups excluding carboxylic acids is 1. The highest BCUT2D eigenvalue weighted by atomic mass is 16.1. The molecule has 25 heavy (non-hydrogen) atoms. The van der Waals surface area contributed by atoms with Crippen LogP contribution >= 0.6 is 0 Å². The predicted molar refractivity (Wildman–Crippen MR) is 98.2 cm³/mol. The van der Waals surface area contributed by atoms with Gasteiger partial charge in [0.05, 0.1) is 5.52 Å². The Morgan fingerprint density at radius 1 is 1.16 bits per heavy atom. The van der Waals surface area contributed by atoms with Crippen LogP contribution in [0.5, 0.6) is 0 Å². The predicted octanol–water partition coefficient (Wildman–Crippen LogP) is 2.06. The number of rotatable bonds is 3. The molecule has 3 N–H and O–H groups in total. The number of ketones is 1. The minimum absolute atomic E-state index is 0.0882. The standard InChI is InChI=1S/C19H17N5O/c1-24-16-5-3-2-4-15(16)17(23-24)18(25)13-8-6-12(7-9-13)14-10-21-19(20)22-11-14/h2-11,19,21H,20H2,1H3. The lowest BCUT2D eigenvalue weighted by Gasteiger charge is -2.14. The van der Waals surface area contributed by atoms with Crippen LogP contribution in [-0.2, 0) is 7.05 Å². The van der Waals surface area contributed by atoms with Gasteiger partial charge in [-0.3, -0.25) is 20.2 Å². The van der Waals surface area contributed by atoms with Gasteiger partial charge in [-0.05, 0) is 11.6 Å². The molecule has 3 aromatic rings. The van der Waals surface area contributed by atoms with Crippen LogP contribution in [0.3, 0.4) is 0 Å². The van der Waals surface area contributed by atoms with Crippen molar-refractivity contribution in [2.75, 3.05) is 0 Å². The average molecular weight is 331 g/mol. The van der Waals surface area contributed by atoms with E-state index >= 15 is 0 Å². The lowest BCUT2D eigenvalue weighted by Crippen LogP contribution is -2.34. The molecule has 1 aromatic heterocycles. The van der Waals surface area contributed by atoms with Gasteiger partial charge < -0.3 is 5.32 Å². The van der Waals surface area contributed by atoms with Crippen LogP contribution in [0.15, 0.2) is 59.7 Å². The van der Waals surface area contributed by atoms with Crippen LogP contribution in [0, 0.1) is 0 Å². The van der Waals surface area contributed by atoms with Crippen LogP contribution < -0.4 is 11.1 Å². The molecule has 0 saturated heterocycles. The molecule has 0 fully saturated rings. The van der Waals surface area contributed by atoms with Gasteiger partial charge in [-0.25, -0.2) is 0 Å². The van der Waals surface area contributed by atoms with Crippen molar-refractivity contribution < 1.29 is 4.79 Å². The zero-order valence-corrected chi connectivity index (χ0v) is 13.7. The van der Waals surface area contributed by atoms with E-state index in [1.165, 1.54) is 0 Å². The Labute approximate surface area is 144 Å². The summed E-state index contributed by atoms with van der Waals surface area (Å²) in [5.74, 6) is -0.0882. The molecule has 1 atom stereocenters. The van der Waals surface area contributed by atoms with Crippen molar-refractivity contribution >= 4 is 28.5 Å². The van der Waals surface area contributed by atoms with E-state index in [0.29, 0.717) is 11.3 Å². The van der Waals surface area contributed by atoms with Gasteiger partial charge in [0.25, 0.3) is 0 Å². The van der Waals surface area contributed by atoms with Crippen LogP contribution in [0.4, 0.5) is 0 Å². The van der Waals surface area contributed by atoms with E-state index in [-0.39, 0.29) is 5.78 Å². The van der Waals surface area contributed by atoms with E-state index in [2.05, 4.69) is 15.4 Å². The third-order valence-electron chi connectivity index (χ3n) is 4.24. The maximum atomic E-state index is 12.9. The number of nitrogens with two attached hydrogens (primary N) is 1. The second kappa shape index (κ2) is 5.99. The minimum Gasteiger partial charge on any atom is -0.357 e. The largest absolute Gasteiger partial charge is 0.357 e. The summed E-state index contributed by atoms with van der Waals surface area (Å²) in [6, 6.07) is 15.1. The van der Waals surface area contributed by atoms with Gasteiger partial charge in [0.2, 0.25) is 5.78 Å². The molecular formula is C19H17N5O. The van der Waals surface area contributed by atoms with Crippen molar-refractivity contribution in [2.45, 2.75) is 6.29 Å². The van der Waals surface area contributed by atoms with Crippen LogP contribution in [-0.4, -0.2) is 28.1 Å². The Hall–Kier alpha value is -3.25. The fourth-order valence-electron chi connectivity index (χ4n) is 2.91. The molecule has 2 heterocycles. The molecule has 6 nitrogen and oxygen atoms in total. The molecule has 0 amide bonds. The first-order valence-corrected chi connectivity index (χ1v) is 7.95. The molecule has 0 aliphatic carbocycles. The van der Waals surface area contributed by atoms with Gasteiger partial charge >= 0.3 is 0 Å². The number of allylic oxidation sites excluding steroid dienone is 1. The van der Waals surface area contributed by atoms with Crippen molar-refractivity contribution in [3.63, 3.8) is 0 Å². The molecule has 2 aromatic carbocycles. The summed E-state index contributed by atoms with van der Waals surface area (Å²) in [6.45, 7) is 0. The molecule has 0 bridgehead atoms. The van der Waals surface area contributed by atoms with Gasteiger partial charge in [0.1, 0.15) is 5.69 Å². The van der Waals surface area contributed by atoms with E-state index in [1.807, 2.05) is 61.8 Å². The molecule has 124 valence electrons. The summed E-state index contributed by atoms with van der Waals surface area (Å²) in [5, 5.41) is 8.21. The number of para-hydroxylation sites is 1. The summed E-state index contributed by atoms with van der Waals surface area (Å²) in [4.78, 5) is 17.0. The number of fused-ring (bicyclic) bond motifs is 1. The zero-order valence-electron chi connectivity index (χ0n) is 13.7.